The molecule has 0 saturated heterocycles. The van der Waals surface area contributed by atoms with Crippen LogP contribution in [0, 0.1) is 0 Å². The second-order valence-electron chi connectivity index (χ2n) is 2.00. The normalized spacial score (nSPS) is 8.33. The van der Waals surface area contributed by atoms with Crippen molar-refractivity contribution in [1.29, 1.82) is 0 Å². The molecule has 0 aliphatic carbocycles. The number of nitrogens with one attached hydrogen (secondary N) is 1. The molecule has 0 heterocycles. The Morgan fingerprint density at radius 1 is 1.42 bits per heavy atom. The average Bonchev–Trinajstić information content (AvgIpc) is 2.15. The Balaban J connectivity index is 2.72. The summed E-state index contributed by atoms with van der Waals surface area (Å²) in [7, 11) is 0. The predicted octanol–water partition coefficient (Wildman–Crippen LogP) is 1.64. The largest absolute Gasteiger partial charge is 0.341 e. The van der Waals surface area contributed by atoms with Gasteiger partial charge in [0.1, 0.15) is 0 Å². The second-order valence-corrected chi connectivity index (χ2v) is 2.00. The maximum Gasteiger partial charge on any atom is 0.341 e. The first kappa shape index (κ1) is 8.10. The maximum absolute atomic E-state index is 11.0. The molecule has 0 saturated carbocycles. The molecule has 0 spiro atoms. The highest BCUT2D eigenvalue weighted by Gasteiger charge is 2.04. The highest BCUT2D eigenvalue weighted by Crippen LogP contribution is 1.97. The van der Waals surface area contributed by atoms with Crippen molar-refractivity contribution >= 4 is 5.91 Å². The van der Waals surface area contributed by atoms with E-state index in [9.17, 15) is 4.79 Å². The summed E-state index contributed by atoms with van der Waals surface area (Å²) in [6.07, 6.45) is 0. The van der Waals surface area contributed by atoms with Gasteiger partial charge in [0.15, 0.2) is 0 Å². The molecule has 1 aromatic rings. The first-order valence-corrected chi connectivity index (χ1v) is 3.24. The molecule has 0 unspecified atom stereocenters. The van der Waals surface area contributed by atoms with Crippen molar-refractivity contribution < 1.29 is 4.79 Å². The monoisotopic (exact) mass is 162 g/mol. The first-order chi connectivity index (χ1) is 5.84. The van der Waals surface area contributed by atoms with Crippen molar-refractivity contribution in [2.75, 3.05) is 0 Å². The van der Waals surface area contributed by atoms with E-state index >= 15 is 0 Å². The van der Waals surface area contributed by atoms with Crippen molar-refractivity contribution in [3.63, 3.8) is 0 Å². The van der Waals surface area contributed by atoms with Gasteiger partial charge in [0, 0.05) is 0 Å². The lowest BCUT2D eigenvalue weighted by Crippen LogP contribution is -2.15. The SMILES string of the molecule is [N-]=[N+]=NNC(=O)c1ccccc1. The molecule has 1 N–H and O–H groups in total. The van der Waals surface area contributed by atoms with Gasteiger partial charge < -0.3 is 0 Å². The third-order valence-electron chi connectivity index (χ3n) is 1.23. The van der Waals surface area contributed by atoms with E-state index in [4.69, 9.17) is 5.53 Å². The van der Waals surface area contributed by atoms with E-state index in [1.807, 2.05) is 5.43 Å². The molecule has 1 amide bonds. The van der Waals surface area contributed by atoms with E-state index in [-0.39, 0.29) is 0 Å². The number of carbonyl (C=O) groups excluding carboxylic acids is 1. The van der Waals surface area contributed by atoms with Crippen LogP contribution in [-0.2, 0) is 0 Å². The number of hydrogen-bond acceptors (Lipinski definition) is 2. The van der Waals surface area contributed by atoms with Gasteiger partial charge in [0.25, 0.3) is 0 Å². The molecule has 0 aliphatic rings. The van der Waals surface area contributed by atoms with Crippen molar-refractivity contribution in [3.8, 4) is 0 Å². The summed E-state index contributed by atoms with van der Waals surface area (Å²) in [5.41, 5.74) is 10.4. The minimum Gasteiger partial charge on any atom is -0.241 e. The lowest BCUT2D eigenvalue weighted by atomic mass is 10.2. The highest BCUT2D eigenvalue weighted by atomic mass is 16.2. The molecule has 0 fully saturated rings. The van der Waals surface area contributed by atoms with E-state index in [1.54, 1.807) is 30.3 Å². The van der Waals surface area contributed by atoms with Crippen molar-refractivity contribution in [3.05, 3.63) is 46.3 Å². The third-order valence-corrected chi connectivity index (χ3v) is 1.23. The summed E-state index contributed by atoms with van der Waals surface area (Å²) >= 11 is 0. The zero-order valence-corrected chi connectivity index (χ0v) is 6.14. The van der Waals surface area contributed by atoms with Crippen molar-refractivity contribution in [2.45, 2.75) is 0 Å². The van der Waals surface area contributed by atoms with Gasteiger partial charge in [0.05, 0.1) is 5.56 Å². The van der Waals surface area contributed by atoms with Gasteiger partial charge in [-0.15, -0.1) is 5.53 Å². The highest BCUT2D eigenvalue weighted by molar-refractivity contribution is 5.93. The molecule has 0 radical (unpaired) electrons. The van der Waals surface area contributed by atoms with Gasteiger partial charge in [-0.3, -0.25) is 0 Å². The molecule has 0 atom stereocenters. The zero-order valence-electron chi connectivity index (χ0n) is 6.14. The molecular formula is C7H6N4O. The lowest BCUT2D eigenvalue weighted by molar-refractivity contribution is 0.0954. The Bertz CT molecular complexity index is 315. The van der Waals surface area contributed by atoms with Gasteiger partial charge in [0.2, 0.25) is 0 Å². The summed E-state index contributed by atoms with van der Waals surface area (Å²) in [5, 5.41) is 2.93. The fraction of sp³-hybridized carbons (Fsp3) is 0. The summed E-state index contributed by atoms with van der Waals surface area (Å²) < 4.78 is 0. The maximum atomic E-state index is 11.0. The number of benzene rings is 1. The molecule has 5 heteroatoms. The van der Waals surface area contributed by atoms with Gasteiger partial charge in [-0.1, -0.05) is 18.2 Å². The molecule has 5 nitrogen and oxygen atoms in total. The Labute approximate surface area is 68.6 Å². The zero-order chi connectivity index (χ0) is 8.81. The molecule has 0 aromatic heterocycles. The summed E-state index contributed by atoms with van der Waals surface area (Å²) in [6.45, 7) is 0. The number of hydrogen-bond donors (Lipinski definition) is 1. The fourth-order valence-electron chi connectivity index (χ4n) is 0.722. The van der Waals surface area contributed by atoms with Crippen LogP contribution in [0.2, 0.25) is 0 Å². The summed E-state index contributed by atoms with van der Waals surface area (Å²) in [6, 6.07) is 8.50. The topological polar surface area (TPSA) is 77.9 Å². The Morgan fingerprint density at radius 2 is 2.08 bits per heavy atom. The summed E-state index contributed by atoms with van der Waals surface area (Å²) in [5.74, 6) is -0.409. The van der Waals surface area contributed by atoms with Crippen LogP contribution in [-0.4, -0.2) is 5.91 Å². The molecule has 1 aromatic carbocycles. The van der Waals surface area contributed by atoms with Gasteiger partial charge in [-0.2, -0.15) is 10.3 Å². The quantitative estimate of drug-likeness (QED) is 0.305. The minimum atomic E-state index is -0.409. The van der Waals surface area contributed by atoms with E-state index in [2.05, 4.69) is 10.1 Å². The molecule has 0 aliphatic heterocycles. The van der Waals surface area contributed by atoms with E-state index in [0.29, 0.717) is 5.56 Å². The number of carbonyl (C=O) groups is 1. The van der Waals surface area contributed by atoms with Crippen LogP contribution in [0.15, 0.2) is 35.6 Å². The van der Waals surface area contributed by atoms with Crippen LogP contribution >= 0.6 is 0 Å². The molecule has 60 valence electrons. The smallest absolute Gasteiger partial charge is 0.241 e. The van der Waals surface area contributed by atoms with E-state index in [0.717, 1.165) is 0 Å². The van der Waals surface area contributed by atoms with Crippen LogP contribution in [0.4, 0.5) is 0 Å². The molecule has 1 rings (SSSR count). The Hall–Kier alpha value is -2.00. The van der Waals surface area contributed by atoms with Gasteiger partial charge in [-0.25, -0.2) is 4.79 Å². The lowest BCUT2D eigenvalue weighted by Gasteiger charge is -1.92. The fourth-order valence-corrected chi connectivity index (χ4v) is 0.722. The first-order valence-electron chi connectivity index (χ1n) is 3.24. The van der Waals surface area contributed by atoms with Gasteiger partial charge >= 0.3 is 5.91 Å². The standard InChI is InChI=1S/C7H6N4O/c8-10-11-9-7(12)6-4-2-1-3-5-6/h1-5H,(H,9,12). The number of rotatable bonds is 2. The van der Waals surface area contributed by atoms with E-state index in [1.165, 1.54) is 0 Å². The third kappa shape index (κ3) is 2.00. The summed E-state index contributed by atoms with van der Waals surface area (Å²) in [4.78, 5) is 13.4. The average molecular weight is 162 g/mol. The van der Waals surface area contributed by atoms with Crippen LogP contribution in [0.25, 0.3) is 10.4 Å². The van der Waals surface area contributed by atoms with Crippen LogP contribution < -0.4 is 5.43 Å². The van der Waals surface area contributed by atoms with Crippen molar-refractivity contribution in [2.24, 2.45) is 5.22 Å². The Kier molecular flexibility index (Phi) is 2.70. The number of amides is 1. The van der Waals surface area contributed by atoms with Gasteiger partial charge in [-0.05, 0) is 17.4 Å². The van der Waals surface area contributed by atoms with Crippen LogP contribution in [0.5, 0.6) is 0 Å². The van der Waals surface area contributed by atoms with Crippen LogP contribution in [0.1, 0.15) is 10.4 Å². The predicted molar refractivity (Wildman–Crippen MR) is 43.1 cm³/mol. The number of azide groups is 1. The Morgan fingerprint density at radius 3 is 2.67 bits per heavy atom. The number of nitrogens with zero attached hydrogens (tertiary/aromatic N) is 3. The molecular weight excluding hydrogens is 156 g/mol. The van der Waals surface area contributed by atoms with Crippen LogP contribution in [0.3, 0.4) is 0 Å². The molecule has 0 bridgehead atoms. The minimum absolute atomic E-state index is 0.409. The van der Waals surface area contributed by atoms with Crippen molar-refractivity contribution in [1.82, 2.24) is 5.43 Å². The molecule has 12 heavy (non-hydrogen) atoms. The second kappa shape index (κ2) is 4.00. The van der Waals surface area contributed by atoms with E-state index < -0.39 is 5.91 Å².